The van der Waals surface area contributed by atoms with Crippen LogP contribution in [0.1, 0.15) is 48.2 Å². The fraction of sp³-hybridized carbons (Fsp3) is 0.500. The van der Waals surface area contributed by atoms with Crippen molar-refractivity contribution in [1.82, 2.24) is 19.9 Å². The lowest BCUT2D eigenvalue weighted by Crippen LogP contribution is -2.37. The monoisotopic (exact) mass is 352 g/mol. The van der Waals surface area contributed by atoms with Gasteiger partial charge in [-0.1, -0.05) is 13.0 Å². The third kappa shape index (κ3) is 3.16. The van der Waals surface area contributed by atoms with Crippen molar-refractivity contribution < 1.29 is 9.59 Å². The van der Waals surface area contributed by atoms with Crippen molar-refractivity contribution in [3.05, 3.63) is 36.3 Å². The van der Waals surface area contributed by atoms with Gasteiger partial charge in [-0.3, -0.25) is 9.59 Å². The highest BCUT2D eigenvalue weighted by Gasteiger charge is 2.29. The molecule has 1 aliphatic carbocycles. The van der Waals surface area contributed by atoms with Gasteiger partial charge < -0.3 is 9.88 Å². The molecule has 0 radical (unpaired) electrons. The molecule has 136 valence electrons. The molecule has 6 nitrogen and oxygen atoms in total. The number of aromatic nitrogens is 3. The maximum atomic E-state index is 12.6. The Bertz CT molecular complexity index is 845. The van der Waals surface area contributed by atoms with E-state index in [0.717, 1.165) is 57.3 Å². The number of H-pyrrole nitrogens is 1. The van der Waals surface area contributed by atoms with Crippen LogP contribution in [-0.4, -0.2) is 44.6 Å². The van der Waals surface area contributed by atoms with E-state index in [-0.39, 0.29) is 17.6 Å². The third-order valence-electron chi connectivity index (χ3n) is 5.77. The molecular formula is C20H24N4O2. The number of carbonyl (C=O) groups is 2. The molecule has 3 heterocycles. The Hall–Kier alpha value is -2.50. The molecule has 1 saturated heterocycles. The van der Waals surface area contributed by atoms with Gasteiger partial charge in [0.25, 0.3) is 0 Å². The summed E-state index contributed by atoms with van der Waals surface area (Å²) >= 11 is 0. The minimum Gasteiger partial charge on any atom is -0.344 e. The van der Waals surface area contributed by atoms with Crippen LogP contribution >= 0.6 is 0 Å². The van der Waals surface area contributed by atoms with Crippen molar-refractivity contribution in [3.8, 4) is 0 Å². The number of aromatic amines is 1. The summed E-state index contributed by atoms with van der Waals surface area (Å²) in [6, 6.07) is 0. The van der Waals surface area contributed by atoms with Crippen LogP contribution in [0, 0.1) is 11.8 Å². The van der Waals surface area contributed by atoms with Crippen molar-refractivity contribution >= 4 is 22.9 Å². The Balaban J connectivity index is 1.46. The van der Waals surface area contributed by atoms with Crippen LogP contribution in [0.25, 0.3) is 11.2 Å². The van der Waals surface area contributed by atoms with Crippen LogP contribution in [0.2, 0.25) is 0 Å². The SMILES string of the molecule is C=CC(=O)N1CCC(Cc2cnc3[nH]cc(C(=O)C4CCC4)c3n2)CC1. The molecule has 1 aliphatic heterocycles. The number of hydrogen-bond donors (Lipinski definition) is 1. The summed E-state index contributed by atoms with van der Waals surface area (Å²) in [4.78, 5) is 38.4. The third-order valence-corrected chi connectivity index (χ3v) is 5.77. The number of likely N-dealkylation sites (tertiary alicyclic amines) is 1. The standard InChI is InChI=1S/C20H24N4O2/c1-2-17(25)24-8-6-13(7-9-24)10-15-11-21-20-18(23-15)16(12-22-20)19(26)14-4-3-5-14/h2,11-14H,1,3-10H2,(H,21,22). The van der Waals surface area contributed by atoms with Crippen LogP contribution in [-0.2, 0) is 11.2 Å². The smallest absolute Gasteiger partial charge is 0.245 e. The quantitative estimate of drug-likeness (QED) is 0.663. The van der Waals surface area contributed by atoms with Crippen molar-refractivity contribution in [2.45, 2.75) is 38.5 Å². The van der Waals surface area contributed by atoms with Crippen molar-refractivity contribution in [2.24, 2.45) is 11.8 Å². The van der Waals surface area contributed by atoms with Crippen LogP contribution in [0.4, 0.5) is 0 Å². The lowest BCUT2D eigenvalue weighted by molar-refractivity contribution is -0.127. The molecule has 2 aliphatic rings. The van der Waals surface area contributed by atoms with E-state index in [1.54, 1.807) is 12.4 Å². The summed E-state index contributed by atoms with van der Waals surface area (Å²) in [5.41, 5.74) is 3.00. The van der Waals surface area contributed by atoms with E-state index in [1.807, 2.05) is 4.90 Å². The van der Waals surface area contributed by atoms with Gasteiger partial charge in [-0.15, -0.1) is 0 Å². The predicted octanol–water partition coefficient (Wildman–Crippen LogP) is 2.91. The lowest BCUT2D eigenvalue weighted by atomic mass is 9.80. The molecule has 2 aromatic heterocycles. The lowest BCUT2D eigenvalue weighted by Gasteiger charge is -2.31. The van der Waals surface area contributed by atoms with E-state index in [0.29, 0.717) is 22.6 Å². The second kappa shape index (κ2) is 7.02. The Morgan fingerprint density at radius 2 is 2.04 bits per heavy atom. The van der Waals surface area contributed by atoms with Crippen LogP contribution < -0.4 is 0 Å². The van der Waals surface area contributed by atoms with E-state index < -0.39 is 0 Å². The van der Waals surface area contributed by atoms with E-state index in [2.05, 4.69) is 16.5 Å². The Labute approximate surface area is 152 Å². The summed E-state index contributed by atoms with van der Waals surface area (Å²) in [6.07, 6.45) is 10.8. The molecule has 0 atom stereocenters. The van der Waals surface area contributed by atoms with E-state index in [1.165, 1.54) is 6.08 Å². The molecule has 1 amide bonds. The van der Waals surface area contributed by atoms with Gasteiger partial charge in [0, 0.05) is 25.2 Å². The van der Waals surface area contributed by atoms with Gasteiger partial charge in [-0.05, 0) is 44.1 Å². The van der Waals surface area contributed by atoms with Crippen LogP contribution in [0.15, 0.2) is 25.0 Å². The van der Waals surface area contributed by atoms with Crippen molar-refractivity contribution in [3.63, 3.8) is 0 Å². The highest BCUT2D eigenvalue weighted by molar-refractivity contribution is 6.07. The molecule has 0 bridgehead atoms. The van der Waals surface area contributed by atoms with Gasteiger partial charge in [-0.2, -0.15) is 0 Å². The van der Waals surface area contributed by atoms with Gasteiger partial charge >= 0.3 is 0 Å². The van der Waals surface area contributed by atoms with E-state index >= 15 is 0 Å². The number of carbonyl (C=O) groups excluding carboxylic acids is 2. The highest BCUT2D eigenvalue weighted by atomic mass is 16.2. The minimum absolute atomic E-state index is 0.0103. The number of ketones is 1. The molecule has 6 heteroatoms. The molecule has 1 saturated carbocycles. The zero-order valence-corrected chi connectivity index (χ0v) is 14.9. The van der Waals surface area contributed by atoms with Gasteiger partial charge in [0.05, 0.1) is 17.5 Å². The number of amides is 1. The topological polar surface area (TPSA) is 79.0 Å². The Morgan fingerprint density at radius 3 is 2.69 bits per heavy atom. The molecule has 0 unspecified atom stereocenters. The van der Waals surface area contributed by atoms with Crippen LogP contribution in [0.5, 0.6) is 0 Å². The normalized spacial score (nSPS) is 18.7. The number of piperidine rings is 1. The number of nitrogens with zero attached hydrogens (tertiary/aromatic N) is 3. The average Bonchev–Trinajstić information content (AvgIpc) is 3.03. The second-order valence-corrected chi connectivity index (χ2v) is 7.43. The summed E-state index contributed by atoms with van der Waals surface area (Å²) in [6.45, 7) is 5.08. The predicted molar refractivity (Wildman–Crippen MR) is 98.8 cm³/mol. The van der Waals surface area contributed by atoms with Gasteiger partial charge in [-0.25, -0.2) is 9.97 Å². The number of Topliss-reactive ketones (excluding diaryl/α,β-unsaturated/α-hetero) is 1. The summed E-state index contributed by atoms with van der Waals surface area (Å²) in [5.74, 6) is 0.854. The molecule has 0 spiro atoms. The summed E-state index contributed by atoms with van der Waals surface area (Å²) in [5, 5.41) is 0. The summed E-state index contributed by atoms with van der Waals surface area (Å²) < 4.78 is 0. The fourth-order valence-electron chi connectivity index (χ4n) is 3.89. The Morgan fingerprint density at radius 1 is 1.27 bits per heavy atom. The van der Waals surface area contributed by atoms with Gasteiger partial charge in [0.1, 0.15) is 5.52 Å². The summed E-state index contributed by atoms with van der Waals surface area (Å²) in [7, 11) is 0. The molecular weight excluding hydrogens is 328 g/mol. The first-order chi connectivity index (χ1) is 12.7. The largest absolute Gasteiger partial charge is 0.344 e. The van der Waals surface area contributed by atoms with Gasteiger partial charge in [0.15, 0.2) is 11.4 Å². The molecule has 2 aromatic rings. The maximum Gasteiger partial charge on any atom is 0.245 e. The molecule has 26 heavy (non-hydrogen) atoms. The van der Waals surface area contributed by atoms with Crippen molar-refractivity contribution in [2.75, 3.05) is 13.1 Å². The first kappa shape index (κ1) is 16.9. The molecule has 1 N–H and O–H groups in total. The van der Waals surface area contributed by atoms with Gasteiger partial charge in [0.2, 0.25) is 5.91 Å². The van der Waals surface area contributed by atoms with Crippen LogP contribution in [0.3, 0.4) is 0 Å². The zero-order chi connectivity index (χ0) is 18.1. The fourth-order valence-corrected chi connectivity index (χ4v) is 3.89. The highest BCUT2D eigenvalue weighted by Crippen LogP contribution is 2.31. The molecule has 2 fully saturated rings. The number of nitrogens with one attached hydrogen (secondary N) is 1. The second-order valence-electron chi connectivity index (χ2n) is 7.43. The van der Waals surface area contributed by atoms with E-state index in [4.69, 9.17) is 4.98 Å². The van der Waals surface area contributed by atoms with Crippen molar-refractivity contribution in [1.29, 1.82) is 0 Å². The first-order valence-electron chi connectivity index (χ1n) is 9.44. The Kier molecular flexibility index (Phi) is 4.57. The minimum atomic E-state index is 0.0103. The maximum absolute atomic E-state index is 12.6. The zero-order valence-electron chi connectivity index (χ0n) is 14.9. The number of fused-ring (bicyclic) bond motifs is 1. The first-order valence-corrected chi connectivity index (χ1v) is 9.44. The molecule has 0 aromatic carbocycles. The number of rotatable bonds is 5. The molecule has 4 rings (SSSR count). The average molecular weight is 352 g/mol. The number of hydrogen-bond acceptors (Lipinski definition) is 4. The van der Waals surface area contributed by atoms with E-state index in [9.17, 15) is 9.59 Å².